The number of aromatic nitrogens is 2. The van der Waals surface area contributed by atoms with Gasteiger partial charge in [-0.15, -0.1) is 0 Å². The smallest absolute Gasteiger partial charge is 0.212 e. The summed E-state index contributed by atoms with van der Waals surface area (Å²) in [7, 11) is 0. The molecule has 3 nitrogen and oxygen atoms in total. The van der Waals surface area contributed by atoms with Crippen LogP contribution in [-0.4, -0.2) is 19.3 Å². The molecule has 1 rings (SSSR count). The first-order chi connectivity index (χ1) is 5.91. The number of aliphatic imine (C=N–C) groups is 1. The molecular weight excluding hydrogens is 321 g/mol. The maximum atomic E-state index is 11.9. The number of hydrogen-bond acceptors (Lipinski definition) is 2. The third-order valence-electron chi connectivity index (χ3n) is 1.03. The Hall–Kier alpha value is -0.310. The first-order valence-electron chi connectivity index (χ1n) is 2.93. The van der Waals surface area contributed by atoms with Gasteiger partial charge in [-0.2, -0.15) is 21.2 Å². The van der Waals surface area contributed by atoms with E-state index in [1.807, 2.05) is 0 Å². The summed E-state index contributed by atoms with van der Waals surface area (Å²) in [5.74, 6) is 0.0444. The topological polar surface area (TPSA) is 30.2 Å². The van der Waals surface area contributed by atoms with E-state index in [2.05, 4.69) is 10.1 Å². The summed E-state index contributed by atoms with van der Waals surface area (Å²) in [6, 6.07) is 1.32. The minimum Gasteiger partial charge on any atom is -0.212 e. The molecule has 0 radical (unpaired) electrons. The molecule has 0 saturated carbocycles. The molecule has 0 aliphatic heterocycles. The van der Waals surface area contributed by atoms with Gasteiger partial charge in [0.05, 0.1) is 29.1 Å². The molecule has 13 heavy (non-hydrogen) atoms. The lowest BCUT2D eigenvalue weighted by atomic mass is 10.6. The molecule has 0 atom stereocenters. The molecule has 0 fully saturated rings. The molecule has 0 N–H and O–H groups in total. The monoisotopic (exact) mass is 323 g/mol. The van der Waals surface area contributed by atoms with Crippen LogP contribution in [0.4, 0.5) is 19.0 Å². The predicted octanol–water partition coefficient (Wildman–Crippen LogP) is 2.91. The molecule has 1 aromatic heterocycles. The second kappa shape index (κ2) is 3.82. The van der Waals surface area contributed by atoms with Crippen LogP contribution in [0.1, 0.15) is 0 Å². The highest BCUT2D eigenvalue weighted by Crippen LogP contribution is 2.24. The van der Waals surface area contributed by atoms with Crippen LogP contribution < -0.4 is 0 Å². The summed E-state index contributed by atoms with van der Waals surface area (Å²) in [5.41, 5.74) is 0. The summed E-state index contributed by atoms with van der Waals surface area (Å²) >= 11 is 6.59. The molecule has 72 valence electrons. The van der Waals surface area contributed by atoms with Crippen LogP contribution in [0, 0.1) is 0 Å². The van der Waals surface area contributed by atoms with Crippen LogP contribution in [0.5, 0.6) is 0 Å². The molecule has 0 aromatic carbocycles. The van der Waals surface area contributed by atoms with Crippen LogP contribution in [0.25, 0.3) is 0 Å². The van der Waals surface area contributed by atoms with Gasteiger partial charge in [-0.3, -0.25) is 0 Å². The van der Waals surface area contributed by atoms with Crippen molar-refractivity contribution < 1.29 is 13.2 Å². The summed E-state index contributed by atoms with van der Waals surface area (Å²) in [6.45, 7) is 0. The number of hydrogen-bond donors (Lipinski definition) is 0. The second-order valence-electron chi connectivity index (χ2n) is 1.95. The minimum absolute atomic E-state index is 0.0444. The highest BCUT2D eigenvalue weighted by molar-refractivity contribution is 14.1. The highest BCUT2D eigenvalue weighted by atomic mass is 127. The quantitative estimate of drug-likeness (QED) is 0.577. The predicted molar refractivity (Wildman–Crippen MR) is 50.6 cm³/mol. The zero-order valence-electron chi connectivity index (χ0n) is 5.89. The maximum Gasteiger partial charge on any atom is 0.444 e. The van der Waals surface area contributed by atoms with Crippen molar-refractivity contribution in [3.8, 4) is 0 Å². The first kappa shape index (κ1) is 10.8. The third kappa shape index (κ3) is 2.83. The highest BCUT2D eigenvalue weighted by Gasteiger charge is 2.34. The molecule has 0 saturated heterocycles. The Morgan fingerprint density at radius 1 is 1.62 bits per heavy atom. The van der Waals surface area contributed by atoms with E-state index in [1.165, 1.54) is 12.3 Å². The van der Waals surface area contributed by atoms with Gasteiger partial charge in [0.1, 0.15) is 0 Å². The Kier molecular flexibility index (Phi) is 3.17. The fraction of sp³-hybridized carbons (Fsp3) is 0.200. The van der Waals surface area contributed by atoms with Gasteiger partial charge in [0.25, 0.3) is 0 Å². The van der Waals surface area contributed by atoms with Crippen LogP contribution in [0.3, 0.4) is 0 Å². The molecule has 1 heterocycles. The van der Waals surface area contributed by atoms with Crippen molar-refractivity contribution in [1.82, 2.24) is 7.99 Å². The van der Waals surface area contributed by atoms with Gasteiger partial charge in [-0.1, -0.05) is 11.6 Å². The fourth-order valence-corrected chi connectivity index (χ4v) is 1.02. The minimum atomic E-state index is -4.61. The average Bonchev–Trinajstić information content (AvgIpc) is 2.34. The zero-order valence-corrected chi connectivity index (χ0v) is 8.80. The van der Waals surface area contributed by atoms with Crippen molar-refractivity contribution in [2.75, 3.05) is 0 Å². The molecule has 0 spiro atoms. The van der Waals surface area contributed by atoms with Crippen LogP contribution in [0.15, 0.2) is 17.3 Å². The van der Waals surface area contributed by atoms with Gasteiger partial charge in [-0.05, 0) is 0 Å². The third-order valence-corrected chi connectivity index (χ3v) is 2.07. The van der Waals surface area contributed by atoms with E-state index in [0.29, 0.717) is 0 Å². The molecule has 0 amide bonds. The van der Waals surface area contributed by atoms with E-state index in [0.717, 1.165) is 2.90 Å². The van der Waals surface area contributed by atoms with Crippen molar-refractivity contribution >= 4 is 45.5 Å². The molecule has 0 unspecified atom stereocenters. The van der Waals surface area contributed by atoms with Crippen molar-refractivity contribution in [2.24, 2.45) is 4.99 Å². The Morgan fingerprint density at radius 2 is 2.23 bits per heavy atom. The normalized spacial score (nSPS) is 13.5. The van der Waals surface area contributed by atoms with E-state index in [9.17, 15) is 13.2 Å². The van der Waals surface area contributed by atoms with Gasteiger partial charge >= 0.3 is 6.18 Å². The standard InChI is InChI=1S/C5H2ClF3IN3/c6-4(5(7,8)9)12-3-1-2-11-13(3)10/h1-2H/b12-4-. The Labute approximate surface area is 90.1 Å². The Morgan fingerprint density at radius 3 is 2.62 bits per heavy atom. The van der Waals surface area contributed by atoms with E-state index in [1.54, 1.807) is 22.9 Å². The maximum absolute atomic E-state index is 11.9. The summed E-state index contributed by atoms with van der Waals surface area (Å²) in [4.78, 5) is 3.14. The van der Waals surface area contributed by atoms with E-state index in [4.69, 9.17) is 11.6 Å². The lowest BCUT2D eigenvalue weighted by molar-refractivity contribution is -0.0558. The number of halogens is 5. The van der Waals surface area contributed by atoms with Gasteiger partial charge in [-0.25, -0.2) is 4.99 Å². The van der Waals surface area contributed by atoms with E-state index < -0.39 is 11.3 Å². The van der Waals surface area contributed by atoms with Crippen molar-refractivity contribution in [3.63, 3.8) is 0 Å². The molecule has 0 bridgehead atoms. The van der Waals surface area contributed by atoms with Crippen molar-refractivity contribution in [3.05, 3.63) is 12.3 Å². The van der Waals surface area contributed by atoms with Crippen LogP contribution in [0.2, 0.25) is 0 Å². The van der Waals surface area contributed by atoms with Crippen LogP contribution >= 0.6 is 34.5 Å². The molecular formula is C5H2ClF3IN3. The van der Waals surface area contributed by atoms with Gasteiger partial charge in [0, 0.05) is 6.07 Å². The van der Waals surface area contributed by atoms with Crippen molar-refractivity contribution in [2.45, 2.75) is 6.18 Å². The second-order valence-corrected chi connectivity index (χ2v) is 3.22. The lowest BCUT2D eigenvalue weighted by Gasteiger charge is -2.01. The largest absolute Gasteiger partial charge is 0.444 e. The van der Waals surface area contributed by atoms with Crippen molar-refractivity contribution in [1.29, 1.82) is 0 Å². The van der Waals surface area contributed by atoms with Gasteiger partial charge in [0.15, 0.2) is 5.82 Å². The molecule has 1 aromatic rings. The van der Waals surface area contributed by atoms with E-state index in [-0.39, 0.29) is 5.82 Å². The Balaban J connectivity index is 2.96. The summed E-state index contributed by atoms with van der Waals surface area (Å²) in [5, 5.41) is 2.21. The summed E-state index contributed by atoms with van der Waals surface area (Å²) < 4.78 is 36.8. The van der Waals surface area contributed by atoms with Crippen LogP contribution in [-0.2, 0) is 0 Å². The molecule has 8 heteroatoms. The number of alkyl halides is 3. The first-order valence-corrected chi connectivity index (χ1v) is 4.27. The van der Waals surface area contributed by atoms with Gasteiger partial charge in [0.2, 0.25) is 5.17 Å². The molecule has 0 aliphatic carbocycles. The number of rotatable bonds is 1. The van der Waals surface area contributed by atoms with Gasteiger partial charge < -0.3 is 0 Å². The fourth-order valence-electron chi connectivity index (χ4n) is 0.522. The number of nitrogens with zero attached hydrogens (tertiary/aromatic N) is 3. The summed E-state index contributed by atoms with van der Waals surface area (Å²) in [6.07, 6.45) is -3.28. The zero-order chi connectivity index (χ0) is 10.1. The van der Waals surface area contributed by atoms with E-state index >= 15 is 0 Å². The lowest BCUT2D eigenvalue weighted by Crippen LogP contribution is -2.16. The Bertz CT molecular complexity index is 332. The SMILES string of the molecule is FC(F)(F)/C(Cl)=N/c1ccnn1I. The molecule has 0 aliphatic rings. The average molecular weight is 323 g/mol.